The lowest BCUT2D eigenvalue weighted by molar-refractivity contribution is 0.334. The second-order valence-electron chi connectivity index (χ2n) is 5.51. The van der Waals surface area contributed by atoms with Gasteiger partial charge in [0.2, 0.25) is 0 Å². The molecule has 1 aromatic carbocycles. The van der Waals surface area contributed by atoms with Crippen LogP contribution in [0.3, 0.4) is 0 Å². The topological polar surface area (TPSA) is 32.5 Å². The summed E-state index contributed by atoms with van der Waals surface area (Å²) in [4.78, 5) is 4.86. The van der Waals surface area contributed by atoms with Gasteiger partial charge in [-0.2, -0.15) is 0 Å². The molecule has 0 unspecified atom stereocenters. The maximum absolute atomic E-state index is 13.0. The molecule has 1 aromatic rings. The summed E-state index contributed by atoms with van der Waals surface area (Å²) in [5.41, 5.74) is 6.71. The molecule has 0 radical (unpaired) electrons. The van der Waals surface area contributed by atoms with Crippen LogP contribution >= 0.6 is 0 Å². The maximum Gasteiger partial charge on any atom is 0.123 e. The lowest BCUT2D eigenvalue weighted by Crippen LogP contribution is -2.30. The van der Waals surface area contributed by atoms with Crippen molar-refractivity contribution in [2.24, 2.45) is 5.73 Å². The molecule has 4 heteroatoms. The average molecular weight is 279 g/mol. The van der Waals surface area contributed by atoms with Crippen LogP contribution in [-0.4, -0.2) is 44.2 Å². The van der Waals surface area contributed by atoms with E-state index in [1.807, 2.05) is 12.1 Å². The molecule has 20 heavy (non-hydrogen) atoms. The number of hydrogen-bond donors (Lipinski definition) is 1. The van der Waals surface area contributed by atoms with Gasteiger partial charge in [0.15, 0.2) is 0 Å². The Morgan fingerprint density at radius 3 is 2.35 bits per heavy atom. The number of benzene rings is 1. The number of halogens is 1. The van der Waals surface area contributed by atoms with Gasteiger partial charge in [0.05, 0.1) is 0 Å². The highest BCUT2D eigenvalue weighted by Crippen LogP contribution is 2.16. The Kier molecular flexibility index (Phi) is 6.27. The van der Waals surface area contributed by atoms with Gasteiger partial charge in [-0.15, -0.1) is 0 Å². The van der Waals surface area contributed by atoms with Crippen molar-refractivity contribution in [2.45, 2.75) is 25.7 Å². The monoisotopic (exact) mass is 279 g/mol. The van der Waals surface area contributed by atoms with Gasteiger partial charge in [-0.05, 0) is 76.1 Å². The average Bonchev–Trinajstić information content (AvgIpc) is 2.97. The zero-order chi connectivity index (χ0) is 14.2. The molecule has 0 spiro atoms. The molecule has 1 heterocycles. The van der Waals surface area contributed by atoms with Gasteiger partial charge in [0.25, 0.3) is 0 Å². The van der Waals surface area contributed by atoms with E-state index in [4.69, 9.17) is 5.73 Å². The zero-order valence-electron chi connectivity index (χ0n) is 12.2. The summed E-state index contributed by atoms with van der Waals surface area (Å²) in [5, 5.41) is 0. The highest BCUT2D eigenvalue weighted by molar-refractivity contribution is 5.46. The molecule has 0 aliphatic carbocycles. The van der Waals surface area contributed by atoms with Crippen LogP contribution in [0.25, 0.3) is 0 Å². The van der Waals surface area contributed by atoms with Crippen LogP contribution in [0, 0.1) is 5.82 Å². The van der Waals surface area contributed by atoms with E-state index in [9.17, 15) is 4.39 Å². The number of anilines is 1. The minimum absolute atomic E-state index is 0.176. The standard InChI is InChI=1S/C16H26FN3/c17-15-5-7-16(8-6-15)20(13-3-9-18)14-4-12-19-10-1-2-11-19/h5-8H,1-4,9-14,18H2. The van der Waals surface area contributed by atoms with Crippen molar-refractivity contribution in [1.82, 2.24) is 4.90 Å². The van der Waals surface area contributed by atoms with Crippen molar-refractivity contribution in [3.05, 3.63) is 30.1 Å². The third kappa shape index (κ3) is 4.76. The van der Waals surface area contributed by atoms with E-state index in [-0.39, 0.29) is 5.82 Å². The second-order valence-corrected chi connectivity index (χ2v) is 5.51. The fraction of sp³-hybridized carbons (Fsp3) is 0.625. The first-order valence-electron chi connectivity index (χ1n) is 7.72. The zero-order valence-corrected chi connectivity index (χ0v) is 12.2. The number of nitrogens with two attached hydrogens (primary N) is 1. The van der Waals surface area contributed by atoms with Gasteiger partial charge in [-0.25, -0.2) is 4.39 Å². The lowest BCUT2D eigenvalue weighted by atomic mass is 10.2. The smallest absolute Gasteiger partial charge is 0.123 e. The first-order valence-corrected chi connectivity index (χ1v) is 7.72. The summed E-state index contributed by atoms with van der Waals surface area (Å²) in [7, 11) is 0. The minimum atomic E-state index is -0.176. The Bertz CT molecular complexity index is 374. The molecule has 3 nitrogen and oxygen atoms in total. The van der Waals surface area contributed by atoms with Crippen LogP contribution in [0.5, 0.6) is 0 Å². The SMILES string of the molecule is NCCCN(CCCN1CCCC1)c1ccc(F)cc1. The van der Waals surface area contributed by atoms with E-state index in [0.717, 1.165) is 31.6 Å². The fourth-order valence-corrected chi connectivity index (χ4v) is 2.80. The van der Waals surface area contributed by atoms with Crippen LogP contribution in [0.15, 0.2) is 24.3 Å². The van der Waals surface area contributed by atoms with Crippen LogP contribution in [0.2, 0.25) is 0 Å². The summed E-state index contributed by atoms with van der Waals surface area (Å²) in [5.74, 6) is -0.176. The number of rotatable bonds is 8. The Labute approximate surface area is 121 Å². The van der Waals surface area contributed by atoms with Crippen molar-refractivity contribution in [3.8, 4) is 0 Å². The summed E-state index contributed by atoms with van der Waals surface area (Å²) in [6.07, 6.45) is 4.81. The van der Waals surface area contributed by atoms with Crippen molar-refractivity contribution < 1.29 is 4.39 Å². The highest BCUT2D eigenvalue weighted by atomic mass is 19.1. The van der Waals surface area contributed by atoms with Gasteiger partial charge in [-0.1, -0.05) is 0 Å². The first kappa shape index (κ1) is 15.3. The van der Waals surface area contributed by atoms with E-state index >= 15 is 0 Å². The quantitative estimate of drug-likeness (QED) is 0.793. The van der Waals surface area contributed by atoms with Crippen molar-refractivity contribution in [1.29, 1.82) is 0 Å². The highest BCUT2D eigenvalue weighted by Gasteiger charge is 2.12. The van der Waals surface area contributed by atoms with E-state index in [1.165, 1.54) is 44.6 Å². The maximum atomic E-state index is 13.0. The molecule has 1 fully saturated rings. The molecule has 0 saturated carbocycles. The van der Waals surface area contributed by atoms with Gasteiger partial charge in [0.1, 0.15) is 5.82 Å². The number of nitrogens with zero attached hydrogens (tertiary/aromatic N) is 2. The largest absolute Gasteiger partial charge is 0.371 e. The van der Waals surface area contributed by atoms with Gasteiger partial charge in [0, 0.05) is 18.8 Å². The molecule has 1 aliphatic heterocycles. The molecule has 0 bridgehead atoms. The van der Waals surface area contributed by atoms with E-state index in [1.54, 1.807) is 0 Å². The third-order valence-electron chi connectivity index (χ3n) is 3.92. The molecular weight excluding hydrogens is 253 g/mol. The third-order valence-corrected chi connectivity index (χ3v) is 3.92. The Morgan fingerprint density at radius 1 is 1.05 bits per heavy atom. The Hall–Kier alpha value is -1.13. The summed E-state index contributed by atoms with van der Waals surface area (Å²) in [6.45, 7) is 6.33. The van der Waals surface area contributed by atoms with Crippen LogP contribution in [0.4, 0.5) is 10.1 Å². The van der Waals surface area contributed by atoms with Crippen LogP contribution in [-0.2, 0) is 0 Å². The molecule has 0 aromatic heterocycles. The van der Waals surface area contributed by atoms with Gasteiger partial charge in [-0.3, -0.25) is 0 Å². The lowest BCUT2D eigenvalue weighted by Gasteiger charge is -2.26. The van der Waals surface area contributed by atoms with Crippen molar-refractivity contribution in [2.75, 3.05) is 44.2 Å². The molecule has 0 amide bonds. The number of hydrogen-bond acceptors (Lipinski definition) is 3. The van der Waals surface area contributed by atoms with Crippen molar-refractivity contribution in [3.63, 3.8) is 0 Å². The van der Waals surface area contributed by atoms with Gasteiger partial charge >= 0.3 is 0 Å². The van der Waals surface area contributed by atoms with E-state index < -0.39 is 0 Å². The normalized spacial score (nSPS) is 15.7. The molecule has 2 N–H and O–H groups in total. The summed E-state index contributed by atoms with van der Waals surface area (Å²) < 4.78 is 13.0. The molecule has 1 aliphatic rings. The summed E-state index contributed by atoms with van der Waals surface area (Å²) in [6, 6.07) is 6.79. The van der Waals surface area contributed by atoms with Crippen molar-refractivity contribution >= 4 is 5.69 Å². The van der Waals surface area contributed by atoms with Gasteiger partial charge < -0.3 is 15.5 Å². The second kappa shape index (κ2) is 8.22. The summed E-state index contributed by atoms with van der Waals surface area (Å²) >= 11 is 0. The van der Waals surface area contributed by atoms with E-state index in [0.29, 0.717) is 6.54 Å². The molecule has 1 saturated heterocycles. The minimum Gasteiger partial charge on any atom is -0.371 e. The number of likely N-dealkylation sites (tertiary alicyclic amines) is 1. The molecule has 0 atom stereocenters. The fourth-order valence-electron chi connectivity index (χ4n) is 2.80. The van der Waals surface area contributed by atoms with Crippen LogP contribution < -0.4 is 10.6 Å². The molecule has 2 rings (SSSR count). The predicted molar refractivity (Wildman–Crippen MR) is 82.6 cm³/mol. The Morgan fingerprint density at radius 2 is 1.70 bits per heavy atom. The van der Waals surface area contributed by atoms with E-state index in [2.05, 4.69) is 9.80 Å². The van der Waals surface area contributed by atoms with Crippen LogP contribution in [0.1, 0.15) is 25.7 Å². The first-order chi connectivity index (χ1) is 9.79. The molecule has 112 valence electrons. The Balaban J connectivity index is 1.84. The molecular formula is C16H26FN3. The predicted octanol–water partition coefficient (Wildman–Crippen LogP) is 2.47.